The lowest BCUT2D eigenvalue weighted by Gasteiger charge is -1.86. The zero-order valence-corrected chi connectivity index (χ0v) is 5.21. The van der Waals surface area contributed by atoms with Crippen molar-refractivity contribution < 1.29 is 4.84 Å². The molecule has 0 amide bonds. The predicted molar refractivity (Wildman–Crippen MR) is 36.0 cm³/mol. The molecule has 1 saturated carbocycles. The zero-order chi connectivity index (χ0) is 6.53. The van der Waals surface area contributed by atoms with Crippen LogP contribution in [0.2, 0.25) is 0 Å². The average Bonchev–Trinajstić information content (AvgIpc) is 2.63. The van der Waals surface area contributed by atoms with E-state index in [2.05, 4.69) is 15.9 Å². The van der Waals surface area contributed by atoms with Gasteiger partial charge in [0.25, 0.3) is 0 Å². The van der Waals surface area contributed by atoms with Crippen molar-refractivity contribution in [1.29, 1.82) is 0 Å². The third kappa shape index (κ3) is 2.76. The summed E-state index contributed by atoms with van der Waals surface area (Å²) < 4.78 is 0. The second-order valence-corrected chi connectivity index (χ2v) is 2.07. The van der Waals surface area contributed by atoms with Crippen LogP contribution in [0.3, 0.4) is 0 Å². The molecule has 0 aromatic heterocycles. The third-order valence-corrected chi connectivity index (χ3v) is 1.12. The molecule has 0 aromatic carbocycles. The van der Waals surface area contributed by atoms with Crippen molar-refractivity contribution in [3.05, 3.63) is 0 Å². The summed E-state index contributed by atoms with van der Waals surface area (Å²) >= 11 is 0. The summed E-state index contributed by atoms with van der Waals surface area (Å²) in [6.45, 7) is 0.281. The highest BCUT2D eigenvalue weighted by atomic mass is 16.6. The minimum atomic E-state index is 0.281. The van der Waals surface area contributed by atoms with Gasteiger partial charge in [0.15, 0.2) is 6.61 Å². The summed E-state index contributed by atoms with van der Waals surface area (Å²) in [6.07, 6.45) is 9.23. The van der Waals surface area contributed by atoms with E-state index < -0.39 is 0 Å². The molecule has 2 nitrogen and oxygen atoms in total. The molecule has 0 spiro atoms. The maximum absolute atomic E-state index is 4.91. The van der Waals surface area contributed by atoms with E-state index in [-0.39, 0.29) is 6.61 Å². The van der Waals surface area contributed by atoms with Crippen LogP contribution in [-0.4, -0.2) is 12.8 Å². The van der Waals surface area contributed by atoms with Crippen LogP contribution in [0, 0.1) is 18.3 Å². The van der Waals surface area contributed by atoms with Crippen LogP contribution in [0.4, 0.5) is 0 Å². The van der Waals surface area contributed by atoms with Crippen molar-refractivity contribution in [3.63, 3.8) is 0 Å². The summed E-state index contributed by atoms with van der Waals surface area (Å²) in [6, 6.07) is 0. The molecule has 0 aromatic rings. The zero-order valence-electron chi connectivity index (χ0n) is 5.21. The highest BCUT2D eigenvalue weighted by molar-refractivity contribution is 5.62. The fourth-order valence-corrected chi connectivity index (χ4v) is 0.449. The Morgan fingerprint density at radius 3 is 3.11 bits per heavy atom. The number of oxime groups is 1. The van der Waals surface area contributed by atoms with E-state index in [9.17, 15) is 0 Å². The first-order valence-electron chi connectivity index (χ1n) is 3.02. The molecule has 0 radical (unpaired) electrons. The van der Waals surface area contributed by atoms with Gasteiger partial charge in [-0.2, -0.15) is 0 Å². The number of terminal acetylenes is 1. The Hall–Kier alpha value is -0.970. The van der Waals surface area contributed by atoms with Crippen LogP contribution in [0.25, 0.3) is 0 Å². The Balaban J connectivity index is 1.96. The molecule has 1 rings (SSSR count). The van der Waals surface area contributed by atoms with Gasteiger partial charge in [0.05, 0.1) is 0 Å². The largest absolute Gasteiger partial charge is 0.383 e. The lowest BCUT2D eigenvalue weighted by Crippen LogP contribution is -1.83. The average molecular weight is 123 g/mol. The van der Waals surface area contributed by atoms with Crippen molar-refractivity contribution in [2.45, 2.75) is 12.8 Å². The van der Waals surface area contributed by atoms with Crippen LogP contribution >= 0.6 is 0 Å². The molecule has 2 heteroatoms. The first-order valence-corrected chi connectivity index (χ1v) is 3.02. The number of rotatable bonds is 3. The molecule has 0 unspecified atom stereocenters. The molecule has 0 saturated heterocycles. The van der Waals surface area contributed by atoms with Gasteiger partial charge in [0.2, 0.25) is 0 Å². The number of nitrogens with zero attached hydrogens (tertiary/aromatic N) is 1. The monoisotopic (exact) mass is 123 g/mol. The van der Waals surface area contributed by atoms with Gasteiger partial charge in [0, 0.05) is 6.21 Å². The fraction of sp³-hybridized carbons (Fsp3) is 0.571. The molecular weight excluding hydrogens is 114 g/mol. The van der Waals surface area contributed by atoms with Gasteiger partial charge in [0.1, 0.15) is 0 Å². The van der Waals surface area contributed by atoms with E-state index in [1.54, 1.807) is 0 Å². The van der Waals surface area contributed by atoms with Gasteiger partial charge in [-0.1, -0.05) is 11.1 Å². The second-order valence-electron chi connectivity index (χ2n) is 2.07. The Bertz CT molecular complexity index is 141. The highest BCUT2D eigenvalue weighted by Crippen LogP contribution is 2.26. The quantitative estimate of drug-likeness (QED) is 0.238. The molecule has 0 bridgehead atoms. The lowest BCUT2D eigenvalue weighted by atomic mass is 10.5. The minimum absolute atomic E-state index is 0.281. The smallest absolute Gasteiger partial charge is 0.177 e. The summed E-state index contributed by atoms with van der Waals surface area (Å²) in [5.74, 6) is 3.00. The third-order valence-electron chi connectivity index (χ3n) is 1.12. The van der Waals surface area contributed by atoms with Gasteiger partial charge in [-0.25, -0.2) is 0 Å². The van der Waals surface area contributed by atoms with E-state index in [0.29, 0.717) is 5.92 Å². The van der Waals surface area contributed by atoms with Crippen molar-refractivity contribution in [2.24, 2.45) is 11.1 Å². The summed E-state index contributed by atoms with van der Waals surface area (Å²) in [4.78, 5) is 4.67. The Morgan fingerprint density at radius 2 is 2.56 bits per heavy atom. The van der Waals surface area contributed by atoms with E-state index in [4.69, 9.17) is 6.42 Å². The molecule has 1 fully saturated rings. The van der Waals surface area contributed by atoms with Gasteiger partial charge in [-0.15, -0.1) is 6.42 Å². The van der Waals surface area contributed by atoms with Crippen LogP contribution in [-0.2, 0) is 4.84 Å². The minimum Gasteiger partial charge on any atom is -0.383 e. The fourth-order valence-electron chi connectivity index (χ4n) is 0.449. The molecule has 1 aliphatic rings. The van der Waals surface area contributed by atoms with Crippen molar-refractivity contribution in [3.8, 4) is 12.3 Å². The summed E-state index contributed by atoms with van der Waals surface area (Å²) in [5, 5.41) is 3.66. The van der Waals surface area contributed by atoms with Crippen LogP contribution in [0.1, 0.15) is 12.8 Å². The van der Waals surface area contributed by atoms with E-state index in [1.165, 1.54) is 12.8 Å². The number of hydrogen-bond acceptors (Lipinski definition) is 2. The summed E-state index contributed by atoms with van der Waals surface area (Å²) in [5.41, 5.74) is 0. The maximum Gasteiger partial charge on any atom is 0.177 e. The molecule has 9 heavy (non-hydrogen) atoms. The second kappa shape index (κ2) is 3.13. The predicted octanol–water partition coefficient (Wildman–Crippen LogP) is 1.03. The van der Waals surface area contributed by atoms with Gasteiger partial charge >= 0.3 is 0 Å². The maximum atomic E-state index is 4.91. The van der Waals surface area contributed by atoms with E-state index in [0.717, 1.165) is 0 Å². The van der Waals surface area contributed by atoms with Gasteiger partial charge in [-0.3, -0.25) is 0 Å². The van der Waals surface area contributed by atoms with Crippen molar-refractivity contribution >= 4 is 6.21 Å². The first kappa shape index (κ1) is 6.15. The molecule has 0 aliphatic heterocycles. The molecule has 0 N–H and O–H groups in total. The van der Waals surface area contributed by atoms with Crippen LogP contribution in [0.15, 0.2) is 5.16 Å². The first-order chi connectivity index (χ1) is 4.43. The van der Waals surface area contributed by atoms with Gasteiger partial charge < -0.3 is 4.84 Å². The van der Waals surface area contributed by atoms with Crippen molar-refractivity contribution in [1.82, 2.24) is 0 Å². The number of hydrogen-bond donors (Lipinski definition) is 0. The SMILES string of the molecule is C#CCO/N=C/C1CC1. The molecule has 48 valence electrons. The topological polar surface area (TPSA) is 21.6 Å². The van der Waals surface area contributed by atoms with E-state index in [1.807, 2.05) is 6.21 Å². The Labute approximate surface area is 54.9 Å². The van der Waals surface area contributed by atoms with Gasteiger partial charge in [-0.05, 0) is 18.8 Å². The standard InChI is InChI=1S/C7H9NO/c1-2-5-9-8-6-7-3-4-7/h1,6-7H,3-5H2/b8-6+. The Morgan fingerprint density at radius 1 is 1.78 bits per heavy atom. The molecule has 1 aliphatic carbocycles. The summed E-state index contributed by atoms with van der Waals surface area (Å²) in [7, 11) is 0. The van der Waals surface area contributed by atoms with Crippen LogP contribution < -0.4 is 0 Å². The molecule has 0 atom stereocenters. The van der Waals surface area contributed by atoms with Crippen molar-refractivity contribution in [2.75, 3.05) is 6.61 Å². The Kier molecular flexibility index (Phi) is 2.14. The molecule has 0 heterocycles. The molecular formula is C7H9NO. The normalized spacial score (nSPS) is 17.7. The lowest BCUT2D eigenvalue weighted by molar-refractivity contribution is 0.180. The highest BCUT2D eigenvalue weighted by Gasteiger charge is 2.18. The van der Waals surface area contributed by atoms with E-state index >= 15 is 0 Å². The van der Waals surface area contributed by atoms with Crippen LogP contribution in [0.5, 0.6) is 0 Å².